The van der Waals surface area contributed by atoms with E-state index in [9.17, 15) is 4.79 Å². The number of carbonyl (C=O) groups excluding carboxylic acids is 1. The van der Waals surface area contributed by atoms with Crippen LogP contribution in [0, 0.1) is 5.92 Å². The molecule has 0 aromatic heterocycles. The first-order valence-corrected chi connectivity index (χ1v) is 6.69. The van der Waals surface area contributed by atoms with E-state index in [0.717, 1.165) is 13.1 Å². The summed E-state index contributed by atoms with van der Waals surface area (Å²) in [6, 6.07) is 0.354. The number of ether oxygens (including phenoxy) is 1. The fraction of sp³-hybridized carbons (Fsp3) is 0.923. The standard InChI is InChI=1S/C13H26N2O2/c1-4-15(8-9-17-3)13(16)10-12-11(2)6-5-7-14-12/h11-12,14H,4-10H2,1-3H3. The summed E-state index contributed by atoms with van der Waals surface area (Å²) >= 11 is 0. The molecule has 0 bridgehead atoms. The van der Waals surface area contributed by atoms with Crippen molar-refractivity contribution >= 4 is 5.91 Å². The van der Waals surface area contributed by atoms with Crippen LogP contribution in [0.25, 0.3) is 0 Å². The van der Waals surface area contributed by atoms with Gasteiger partial charge in [0.2, 0.25) is 5.91 Å². The minimum Gasteiger partial charge on any atom is -0.383 e. The molecule has 1 rings (SSSR count). The van der Waals surface area contributed by atoms with Gasteiger partial charge in [0.25, 0.3) is 0 Å². The van der Waals surface area contributed by atoms with Crippen LogP contribution in [-0.4, -0.2) is 50.2 Å². The summed E-state index contributed by atoms with van der Waals surface area (Å²) < 4.78 is 5.03. The highest BCUT2D eigenvalue weighted by atomic mass is 16.5. The van der Waals surface area contributed by atoms with Crippen LogP contribution in [0.4, 0.5) is 0 Å². The van der Waals surface area contributed by atoms with Gasteiger partial charge in [0.1, 0.15) is 0 Å². The molecule has 0 spiro atoms. The zero-order valence-corrected chi connectivity index (χ0v) is 11.4. The zero-order chi connectivity index (χ0) is 12.7. The fourth-order valence-corrected chi connectivity index (χ4v) is 2.37. The average molecular weight is 242 g/mol. The number of piperidine rings is 1. The molecule has 1 aliphatic heterocycles. The van der Waals surface area contributed by atoms with Crippen molar-refractivity contribution in [2.75, 3.05) is 33.4 Å². The van der Waals surface area contributed by atoms with Crippen molar-refractivity contribution in [3.8, 4) is 0 Å². The molecule has 1 fully saturated rings. The first-order valence-electron chi connectivity index (χ1n) is 6.69. The molecule has 2 atom stereocenters. The molecule has 4 nitrogen and oxygen atoms in total. The predicted molar refractivity (Wildman–Crippen MR) is 68.9 cm³/mol. The Bertz CT molecular complexity index is 233. The van der Waals surface area contributed by atoms with E-state index in [1.165, 1.54) is 12.8 Å². The molecule has 17 heavy (non-hydrogen) atoms. The molecule has 100 valence electrons. The lowest BCUT2D eigenvalue weighted by Crippen LogP contribution is -2.45. The Balaban J connectivity index is 2.39. The molecule has 1 heterocycles. The van der Waals surface area contributed by atoms with E-state index in [1.807, 2.05) is 11.8 Å². The van der Waals surface area contributed by atoms with Crippen molar-refractivity contribution in [1.29, 1.82) is 0 Å². The van der Waals surface area contributed by atoms with E-state index in [4.69, 9.17) is 4.74 Å². The molecule has 1 aliphatic rings. The van der Waals surface area contributed by atoms with Crippen LogP contribution in [0.5, 0.6) is 0 Å². The van der Waals surface area contributed by atoms with Gasteiger partial charge in [-0.25, -0.2) is 0 Å². The zero-order valence-electron chi connectivity index (χ0n) is 11.4. The summed E-state index contributed by atoms with van der Waals surface area (Å²) in [5.74, 6) is 0.852. The lowest BCUT2D eigenvalue weighted by atomic mass is 9.90. The number of amides is 1. The van der Waals surface area contributed by atoms with Gasteiger partial charge < -0.3 is 15.0 Å². The molecule has 1 saturated heterocycles. The second-order valence-corrected chi connectivity index (χ2v) is 4.85. The number of methoxy groups -OCH3 is 1. The predicted octanol–water partition coefficient (Wildman–Crippen LogP) is 1.26. The maximum absolute atomic E-state index is 12.1. The minimum absolute atomic E-state index is 0.246. The van der Waals surface area contributed by atoms with Gasteiger partial charge in [-0.1, -0.05) is 6.92 Å². The van der Waals surface area contributed by atoms with Gasteiger partial charge in [0, 0.05) is 32.7 Å². The molecule has 0 aromatic carbocycles. The summed E-state index contributed by atoms with van der Waals surface area (Å²) in [7, 11) is 1.67. The van der Waals surface area contributed by atoms with Crippen molar-refractivity contribution < 1.29 is 9.53 Å². The van der Waals surface area contributed by atoms with Crippen LogP contribution in [-0.2, 0) is 9.53 Å². The Hall–Kier alpha value is -0.610. The SMILES string of the molecule is CCN(CCOC)C(=O)CC1NCCCC1C. The van der Waals surface area contributed by atoms with Crippen LogP contribution in [0.3, 0.4) is 0 Å². The third-order valence-corrected chi connectivity index (χ3v) is 3.62. The van der Waals surface area contributed by atoms with Crippen molar-refractivity contribution in [3.63, 3.8) is 0 Å². The maximum atomic E-state index is 12.1. The number of nitrogens with zero attached hydrogens (tertiary/aromatic N) is 1. The largest absolute Gasteiger partial charge is 0.383 e. The highest BCUT2D eigenvalue weighted by Crippen LogP contribution is 2.18. The molecule has 1 amide bonds. The van der Waals surface area contributed by atoms with Gasteiger partial charge >= 0.3 is 0 Å². The van der Waals surface area contributed by atoms with Crippen molar-refractivity contribution in [3.05, 3.63) is 0 Å². The molecular formula is C13H26N2O2. The third kappa shape index (κ3) is 4.64. The Morgan fingerprint density at radius 1 is 1.53 bits per heavy atom. The van der Waals surface area contributed by atoms with E-state index in [0.29, 0.717) is 31.5 Å². The Kier molecular flexibility index (Phi) is 6.52. The summed E-state index contributed by atoms with van der Waals surface area (Å²) in [6.07, 6.45) is 3.08. The molecule has 0 saturated carbocycles. The van der Waals surface area contributed by atoms with E-state index in [-0.39, 0.29) is 5.91 Å². The number of rotatable bonds is 6. The van der Waals surface area contributed by atoms with Crippen molar-refractivity contribution in [1.82, 2.24) is 10.2 Å². The van der Waals surface area contributed by atoms with E-state index >= 15 is 0 Å². The van der Waals surface area contributed by atoms with E-state index in [2.05, 4.69) is 12.2 Å². The van der Waals surface area contributed by atoms with Gasteiger partial charge in [-0.3, -0.25) is 4.79 Å². The van der Waals surface area contributed by atoms with Gasteiger partial charge in [0.15, 0.2) is 0 Å². The van der Waals surface area contributed by atoms with Gasteiger partial charge in [0.05, 0.1) is 6.61 Å². The summed E-state index contributed by atoms with van der Waals surface area (Å²) in [5, 5.41) is 3.46. The highest BCUT2D eigenvalue weighted by Gasteiger charge is 2.24. The Morgan fingerprint density at radius 2 is 2.29 bits per heavy atom. The quantitative estimate of drug-likeness (QED) is 0.762. The molecule has 0 radical (unpaired) electrons. The molecule has 0 aromatic rings. The number of hydrogen-bond acceptors (Lipinski definition) is 3. The Morgan fingerprint density at radius 3 is 2.88 bits per heavy atom. The van der Waals surface area contributed by atoms with E-state index < -0.39 is 0 Å². The number of nitrogens with one attached hydrogen (secondary N) is 1. The lowest BCUT2D eigenvalue weighted by Gasteiger charge is -2.31. The minimum atomic E-state index is 0.246. The topological polar surface area (TPSA) is 41.6 Å². The highest BCUT2D eigenvalue weighted by molar-refractivity contribution is 5.76. The second-order valence-electron chi connectivity index (χ2n) is 4.85. The number of hydrogen-bond donors (Lipinski definition) is 1. The molecule has 0 aliphatic carbocycles. The summed E-state index contributed by atoms with van der Waals surface area (Å²) in [6.45, 7) is 7.39. The van der Waals surface area contributed by atoms with Crippen LogP contribution in [0.2, 0.25) is 0 Å². The number of carbonyl (C=O) groups is 1. The number of likely N-dealkylation sites (N-methyl/N-ethyl adjacent to an activating group) is 1. The summed E-state index contributed by atoms with van der Waals surface area (Å²) in [5.41, 5.74) is 0. The van der Waals surface area contributed by atoms with Crippen LogP contribution in [0.1, 0.15) is 33.1 Å². The lowest BCUT2D eigenvalue weighted by molar-refractivity contribution is -0.132. The molecule has 1 N–H and O–H groups in total. The molecule has 2 unspecified atom stereocenters. The smallest absolute Gasteiger partial charge is 0.224 e. The van der Waals surface area contributed by atoms with Gasteiger partial charge in [-0.15, -0.1) is 0 Å². The van der Waals surface area contributed by atoms with Crippen molar-refractivity contribution in [2.24, 2.45) is 5.92 Å². The third-order valence-electron chi connectivity index (χ3n) is 3.62. The fourth-order valence-electron chi connectivity index (χ4n) is 2.37. The summed E-state index contributed by atoms with van der Waals surface area (Å²) in [4.78, 5) is 14.0. The first-order chi connectivity index (χ1) is 8.19. The van der Waals surface area contributed by atoms with Crippen LogP contribution < -0.4 is 5.32 Å². The van der Waals surface area contributed by atoms with Crippen molar-refractivity contribution in [2.45, 2.75) is 39.2 Å². The maximum Gasteiger partial charge on any atom is 0.224 e. The average Bonchev–Trinajstić information content (AvgIpc) is 2.33. The van der Waals surface area contributed by atoms with Gasteiger partial charge in [-0.2, -0.15) is 0 Å². The normalized spacial score (nSPS) is 24.6. The molecular weight excluding hydrogens is 216 g/mol. The Labute approximate surface area is 105 Å². The molecule has 4 heteroatoms. The van der Waals surface area contributed by atoms with Crippen LogP contribution in [0.15, 0.2) is 0 Å². The second kappa shape index (κ2) is 7.67. The first kappa shape index (κ1) is 14.5. The van der Waals surface area contributed by atoms with Crippen LogP contribution >= 0.6 is 0 Å². The monoisotopic (exact) mass is 242 g/mol. The van der Waals surface area contributed by atoms with E-state index in [1.54, 1.807) is 7.11 Å². The van der Waals surface area contributed by atoms with Gasteiger partial charge in [-0.05, 0) is 32.2 Å².